The average molecular weight is 414 g/mol. The van der Waals surface area contributed by atoms with Gasteiger partial charge in [-0.2, -0.15) is 0 Å². The van der Waals surface area contributed by atoms with Gasteiger partial charge in [0.15, 0.2) is 0 Å². The number of carbonyl (C=O) groups excluding carboxylic acids is 1. The van der Waals surface area contributed by atoms with Crippen LogP contribution in [0.25, 0.3) is 10.4 Å². The zero-order valence-corrected chi connectivity index (χ0v) is 18.5. The highest BCUT2D eigenvalue weighted by atomic mass is 32.1. The fourth-order valence-electron chi connectivity index (χ4n) is 3.95. The van der Waals surface area contributed by atoms with Gasteiger partial charge in [-0.3, -0.25) is 9.69 Å². The Morgan fingerprint density at radius 2 is 1.69 bits per heavy atom. The molecule has 5 heteroatoms. The molecule has 3 rings (SSSR count). The quantitative estimate of drug-likeness (QED) is 0.603. The number of carboxylic acids is 1. The van der Waals surface area contributed by atoms with E-state index in [2.05, 4.69) is 20.8 Å². The number of hydrogen-bond donors (Lipinski definition) is 1. The second-order valence-corrected chi connectivity index (χ2v) is 9.68. The second kappa shape index (κ2) is 9.12. The van der Waals surface area contributed by atoms with E-state index in [4.69, 9.17) is 0 Å². The molecule has 0 bridgehead atoms. The van der Waals surface area contributed by atoms with Crippen molar-refractivity contribution in [3.8, 4) is 10.4 Å². The van der Waals surface area contributed by atoms with Crippen LogP contribution in [0.2, 0.25) is 0 Å². The van der Waals surface area contributed by atoms with Gasteiger partial charge in [0.05, 0.1) is 5.56 Å². The first-order valence-electron chi connectivity index (χ1n) is 10.5. The molecule has 1 unspecified atom stereocenters. The summed E-state index contributed by atoms with van der Waals surface area (Å²) in [6.45, 7) is 8.44. The maximum atomic E-state index is 13.6. The predicted octanol–water partition coefficient (Wildman–Crippen LogP) is 6.32. The molecule has 1 heterocycles. The van der Waals surface area contributed by atoms with E-state index in [-0.39, 0.29) is 29.3 Å². The molecule has 1 aliphatic rings. The minimum absolute atomic E-state index is 0.0173. The van der Waals surface area contributed by atoms with Crippen molar-refractivity contribution in [2.75, 3.05) is 4.90 Å². The lowest BCUT2D eigenvalue weighted by atomic mass is 9.82. The van der Waals surface area contributed by atoms with Crippen molar-refractivity contribution in [1.82, 2.24) is 0 Å². The summed E-state index contributed by atoms with van der Waals surface area (Å²) in [5, 5.41) is 10.5. The van der Waals surface area contributed by atoms with E-state index < -0.39 is 5.97 Å². The molecule has 0 saturated heterocycles. The topological polar surface area (TPSA) is 57.6 Å². The van der Waals surface area contributed by atoms with Crippen LogP contribution in [0.3, 0.4) is 0 Å². The van der Waals surface area contributed by atoms with Gasteiger partial charge >= 0.3 is 5.97 Å². The fourth-order valence-corrected chi connectivity index (χ4v) is 5.20. The summed E-state index contributed by atoms with van der Waals surface area (Å²) in [5.41, 5.74) is 1.20. The minimum Gasteiger partial charge on any atom is -0.478 e. The van der Waals surface area contributed by atoms with Gasteiger partial charge in [-0.15, -0.1) is 11.3 Å². The Kier molecular flexibility index (Phi) is 6.78. The monoisotopic (exact) mass is 413 g/mol. The van der Waals surface area contributed by atoms with Crippen molar-refractivity contribution < 1.29 is 14.7 Å². The maximum Gasteiger partial charge on any atom is 0.338 e. The van der Waals surface area contributed by atoms with Crippen molar-refractivity contribution >= 4 is 28.2 Å². The number of amides is 1. The summed E-state index contributed by atoms with van der Waals surface area (Å²) in [7, 11) is 0. The molecule has 1 saturated carbocycles. The minimum atomic E-state index is -0.982. The zero-order chi connectivity index (χ0) is 21.1. The first kappa shape index (κ1) is 21.6. The van der Waals surface area contributed by atoms with Crippen molar-refractivity contribution in [1.29, 1.82) is 0 Å². The summed E-state index contributed by atoms with van der Waals surface area (Å²) in [5.74, 6) is -0.0238. The Hall–Kier alpha value is -2.14. The van der Waals surface area contributed by atoms with Crippen LogP contribution < -0.4 is 4.90 Å². The summed E-state index contributed by atoms with van der Waals surface area (Å²) >= 11 is 1.41. The molecule has 1 atom stereocenters. The molecule has 1 amide bonds. The van der Waals surface area contributed by atoms with Gasteiger partial charge in [-0.05, 0) is 56.1 Å². The molecular formula is C24H31NO3S. The first-order chi connectivity index (χ1) is 13.8. The SMILES string of the molecule is CC1CCC(C(=O)N(c2sc(-c3ccccc3)cc2C(=O)O)C(C)C(C)C)CC1. The lowest BCUT2D eigenvalue weighted by Gasteiger charge is -2.36. The summed E-state index contributed by atoms with van der Waals surface area (Å²) in [4.78, 5) is 28.4. The lowest BCUT2D eigenvalue weighted by Crippen LogP contribution is -2.45. The molecule has 1 aromatic carbocycles. The van der Waals surface area contributed by atoms with E-state index in [9.17, 15) is 14.7 Å². The summed E-state index contributed by atoms with van der Waals surface area (Å²) < 4.78 is 0. The number of hydrogen-bond acceptors (Lipinski definition) is 3. The van der Waals surface area contributed by atoms with Crippen LogP contribution in [-0.2, 0) is 4.79 Å². The van der Waals surface area contributed by atoms with E-state index in [1.807, 2.05) is 37.3 Å². The molecule has 0 aliphatic heterocycles. The third-order valence-corrected chi connectivity index (χ3v) is 7.38. The fraction of sp³-hybridized carbons (Fsp3) is 0.500. The van der Waals surface area contributed by atoms with Gasteiger partial charge in [0.1, 0.15) is 5.00 Å². The number of carbonyl (C=O) groups is 2. The van der Waals surface area contributed by atoms with Gasteiger partial charge in [-0.25, -0.2) is 4.79 Å². The molecule has 156 valence electrons. The van der Waals surface area contributed by atoms with E-state index in [0.29, 0.717) is 10.9 Å². The molecule has 0 radical (unpaired) electrons. The molecule has 4 nitrogen and oxygen atoms in total. The first-order valence-corrected chi connectivity index (χ1v) is 11.4. The molecule has 2 aromatic rings. The number of carboxylic acid groups (broad SMARTS) is 1. The molecule has 29 heavy (non-hydrogen) atoms. The number of rotatable bonds is 6. The Morgan fingerprint density at radius 1 is 1.07 bits per heavy atom. The molecule has 1 aliphatic carbocycles. The Labute approximate surface area is 177 Å². The summed E-state index contributed by atoms with van der Waals surface area (Å²) in [6, 6.07) is 11.4. The van der Waals surface area contributed by atoms with Gasteiger partial charge < -0.3 is 5.11 Å². The van der Waals surface area contributed by atoms with Crippen LogP contribution in [0.15, 0.2) is 36.4 Å². The standard InChI is InChI=1S/C24H31NO3S/c1-15(2)17(4)25(22(26)19-12-10-16(3)11-13-19)23-20(24(27)28)14-21(29-23)18-8-6-5-7-9-18/h5-9,14-17,19H,10-13H2,1-4H3,(H,27,28). The number of benzene rings is 1. The smallest absolute Gasteiger partial charge is 0.338 e. The van der Waals surface area contributed by atoms with Gasteiger partial charge in [0.25, 0.3) is 0 Å². The van der Waals surface area contributed by atoms with Crippen LogP contribution in [0, 0.1) is 17.8 Å². The third kappa shape index (κ3) is 4.72. The molecule has 1 N–H and O–H groups in total. The Balaban J connectivity index is 2.04. The zero-order valence-electron chi connectivity index (χ0n) is 17.7. The molecular weight excluding hydrogens is 382 g/mol. The summed E-state index contributed by atoms with van der Waals surface area (Å²) in [6.07, 6.45) is 3.90. The van der Waals surface area contributed by atoms with E-state index >= 15 is 0 Å². The van der Waals surface area contributed by atoms with Crippen LogP contribution in [0.1, 0.15) is 63.7 Å². The van der Waals surface area contributed by atoms with Gasteiger partial charge in [-0.1, -0.05) is 51.1 Å². The van der Waals surface area contributed by atoms with Crippen molar-refractivity contribution in [3.63, 3.8) is 0 Å². The predicted molar refractivity (Wildman–Crippen MR) is 120 cm³/mol. The molecule has 1 aromatic heterocycles. The normalized spacial score (nSPS) is 20.4. The second-order valence-electron chi connectivity index (χ2n) is 8.65. The van der Waals surface area contributed by atoms with Crippen molar-refractivity contribution in [2.45, 2.75) is 59.4 Å². The van der Waals surface area contributed by atoms with E-state index in [1.165, 1.54) is 11.3 Å². The number of nitrogens with zero attached hydrogens (tertiary/aromatic N) is 1. The van der Waals surface area contributed by atoms with E-state index in [1.54, 1.807) is 11.0 Å². The van der Waals surface area contributed by atoms with E-state index in [0.717, 1.165) is 36.1 Å². The number of thiophene rings is 1. The highest BCUT2D eigenvalue weighted by molar-refractivity contribution is 7.20. The molecule has 0 spiro atoms. The Bertz CT molecular complexity index is 850. The van der Waals surface area contributed by atoms with Crippen molar-refractivity contribution in [3.05, 3.63) is 42.0 Å². The van der Waals surface area contributed by atoms with Gasteiger partial charge in [0.2, 0.25) is 5.91 Å². The maximum absolute atomic E-state index is 13.6. The van der Waals surface area contributed by atoms with Gasteiger partial charge in [0, 0.05) is 16.8 Å². The van der Waals surface area contributed by atoms with Crippen LogP contribution in [0.4, 0.5) is 5.00 Å². The highest BCUT2D eigenvalue weighted by Crippen LogP contribution is 2.41. The Morgan fingerprint density at radius 3 is 2.24 bits per heavy atom. The third-order valence-electron chi connectivity index (χ3n) is 6.19. The van der Waals surface area contributed by atoms with Crippen LogP contribution in [-0.4, -0.2) is 23.0 Å². The number of aromatic carboxylic acids is 1. The molecule has 1 fully saturated rings. The van der Waals surface area contributed by atoms with Crippen LogP contribution in [0.5, 0.6) is 0 Å². The van der Waals surface area contributed by atoms with Crippen molar-refractivity contribution in [2.24, 2.45) is 17.8 Å². The highest BCUT2D eigenvalue weighted by Gasteiger charge is 2.35. The average Bonchev–Trinajstić information content (AvgIpc) is 3.14. The largest absolute Gasteiger partial charge is 0.478 e. The van der Waals surface area contributed by atoms with Crippen LogP contribution >= 0.6 is 11.3 Å². The lowest BCUT2D eigenvalue weighted by molar-refractivity contribution is -0.124. The number of anilines is 1.